The molecule has 5 heterocycles. The van der Waals surface area contributed by atoms with E-state index in [-0.39, 0.29) is 11.6 Å². The van der Waals surface area contributed by atoms with Gasteiger partial charge in [0.15, 0.2) is 0 Å². The Morgan fingerprint density at radius 1 is 1.11 bits per heavy atom. The molecule has 0 aromatic carbocycles. The molecule has 0 atom stereocenters. The fraction of sp³-hybridized carbons (Fsp3) is 0.300. The SMILES string of the molecule is O=c1cnc2cnc3[nH]ccc3c2n1C1CCN(Cc2cccnc2)CC1. The van der Waals surface area contributed by atoms with Gasteiger partial charge in [0.05, 0.1) is 17.9 Å². The first-order valence-corrected chi connectivity index (χ1v) is 9.24. The zero-order chi connectivity index (χ0) is 18.2. The second-order valence-electron chi connectivity index (χ2n) is 7.07. The summed E-state index contributed by atoms with van der Waals surface area (Å²) >= 11 is 0. The predicted molar refractivity (Wildman–Crippen MR) is 103 cm³/mol. The van der Waals surface area contributed by atoms with Crippen LogP contribution in [-0.2, 0) is 6.54 Å². The van der Waals surface area contributed by atoms with Crippen molar-refractivity contribution in [1.82, 2.24) is 29.4 Å². The fourth-order valence-corrected chi connectivity index (χ4v) is 4.08. The third-order valence-electron chi connectivity index (χ3n) is 5.38. The van der Waals surface area contributed by atoms with Crippen molar-refractivity contribution >= 4 is 22.1 Å². The molecule has 5 rings (SSSR count). The van der Waals surface area contributed by atoms with Crippen LogP contribution in [0.4, 0.5) is 0 Å². The lowest BCUT2D eigenvalue weighted by Crippen LogP contribution is -2.37. The van der Waals surface area contributed by atoms with E-state index in [0.717, 1.165) is 54.5 Å². The summed E-state index contributed by atoms with van der Waals surface area (Å²) in [4.78, 5) is 31.2. The first-order valence-electron chi connectivity index (χ1n) is 9.24. The summed E-state index contributed by atoms with van der Waals surface area (Å²) in [6, 6.07) is 6.23. The Hall–Kier alpha value is -3.06. The third-order valence-corrected chi connectivity index (χ3v) is 5.38. The maximum Gasteiger partial charge on any atom is 0.269 e. The minimum absolute atomic E-state index is 0.0399. The summed E-state index contributed by atoms with van der Waals surface area (Å²) in [7, 11) is 0. The summed E-state index contributed by atoms with van der Waals surface area (Å²) in [5.74, 6) is 0. The predicted octanol–water partition coefficient (Wildman–Crippen LogP) is 2.50. The number of nitrogens with zero attached hydrogens (tertiary/aromatic N) is 5. The zero-order valence-corrected chi connectivity index (χ0v) is 14.9. The summed E-state index contributed by atoms with van der Waals surface area (Å²) in [6.45, 7) is 2.81. The average Bonchev–Trinajstić information content (AvgIpc) is 3.19. The van der Waals surface area contributed by atoms with Gasteiger partial charge in [-0.2, -0.15) is 0 Å². The van der Waals surface area contributed by atoms with Gasteiger partial charge in [-0.05, 0) is 30.5 Å². The van der Waals surface area contributed by atoms with Crippen molar-refractivity contribution in [3.63, 3.8) is 0 Å². The number of nitrogens with one attached hydrogen (secondary N) is 1. The number of hydrogen-bond donors (Lipinski definition) is 1. The van der Waals surface area contributed by atoms with Gasteiger partial charge in [0.1, 0.15) is 11.2 Å². The van der Waals surface area contributed by atoms with E-state index in [9.17, 15) is 4.79 Å². The highest BCUT2D eigenvalue weighted by atomic mass is 16.1. The number of piperidine rings is 1. The summed E-state index contributed by atoms with van der Waals surface area (Å²) < 4.78 is 1.93. The van der Waals surface area contributed by atoms with Gasteiger partial charge in [0.25, 0.3) is 5.56 Å². The molecule has 7 heteroatoms. The van der Waals surface area contributed by atoms with E-state index in [2.05, 4.69) is 30.9 Å². The molecule has 27 heavy (non-hydrogen) atoms. The van der Waals surface area contributed by atoms with Crippen LogP contribution >= 0.6 is 0 Å². The Morgan fingerprint density at radius 2 is 2.00 bits per heavy atom. The van der Waals surface area contributed by atoms with Crippen molar-refractivity contribution in [2.45, 2.75) is 25.4 Å². The van der Waals surface area contributed by atoms with Gasteiger partial charge < -0.3 is 9.55 Å². The van der Waals surface area contributed by atoms with Gasteiger partial charge in [-0.25, -0.2) is 9.97 Å². The first kappa shape index (κ1) is 16.1. The molecule has 1 N–H and O–H groups in total. The lowest BCUT2D eigenvalue weighted by molar-refractivity contribution is 0.180. The van der Waals surface area contributed by atoms with E-state index in [1.54, 1.807) is 12.4 Å². The lowest BCUT2D eigenvalue weighted by atomic mass is 10.0. The summed E-state index contributed by atoms with van der Waals surface area (Å²) in [5, 5.41) is 0.954. The Morgan fingerprint density at radius 3 is 2.81 bits per heavy atom. The van der Waals surface area contributed by atoms with Crippen molar-refractivity contribution in [3.05, 3.63) is 65.1 Å². The fourth-order valence-electron chi connectivity index (χ4n) is 4.08. The van der Waals surface area contributed by atoms with E-state index in [1.807, 2.05) is 29.1 Å². The molecule has 0 unspecified atom stereocenters. The minimum atomic E-state index is -0.0399. The average molecular weight is 360 g/mol. The highest BCUT2D eigenvalue weighted by molar-refractivity contribution is 6.00. The smallest absolute Gasteiger partial charge is 0.269 e. The normalized spacial score (nSPS) is 16.3. The number of hydrogen-bond acceptors (Lipinski definition) is 5. The van der Waals surface area contributed by atoms with Crippen LogP contribution in [-0.4, -0.2) is 42.5 Å². The lowest BCUT2D eigenvalue weighted by Gasteiger charge is -2.33. The molecule has 0 amide bonds. The molecular formula is C20H20N6O. The van der Waals surface area contributed by atoms with Crippen LogP contribution in [0.5, 0.6) is 0 Å². The zero-order valence-electron chi connectivity index (χ0n) is 14.9. The molecule has 1 aliphatic rings. The molecule has 4 aromatic rings. The largest absolute Gasteiger partial charge is 0.346 e. The molecular weight excluding hydrogens is 340 g/mol. The number of aromatic nitrogens is 5. The monoisotopic (exact) mass is 360 g/mol. The molecule has 136 valence electrons. The van der Waals surface area contributed by atoms with Gasteiger partial charge in [0, 0.05) is 49.7 Å². The van der Waals surface area contributed by atoms with Crippen LogP contribution in [0.2, 0.25) is 0 Å². The second kappa shape index (κ2) is 6.59. The number of pyridine rings is 2. The summed E-state index contributed by atoms with van der Waals surface area (Å²) in [5.41, 5.74) is 3.63. The molecule has 0 bridgehead atoms. The van der Waals surface area contributed by atoms with E-state index >= 15 is 0 Å². The van der Waals surface area contributed by atoms with Crippen LogP contribution < -0.4 is 5.56 Å². The van der Waals surface area contributed by atoms with Crippen LogP contribution in [0.25, 0.3) is 22.1 Å². The molecule has 0 saturated carbocycles. The van der Waals surface area contributed by atoms with E-state index in [1.165, 1.54) is 11.8 Å². The molecule has 1 saturated heterocycles. The minimum Gasteiger partial charge on any atom is -0.346 e. The number of rotatable bonds is 3. The van der Waals surface area contributed by atoms with Crippen molar-refractivity contribution in [2.24, 2.45) is 0 Å². The number of H-pyrrole nitrogens is 1. The van der Waals surface area contributed by atoms with E-state index < -0.39 is 0 Å². The van der Waals surface area contributed by atoms with Crippen LogP contribution in [0.15, 0.2) is 54.0 Å². The summed E-state index contributed by atoms with van der Waals surface area (Å²) in [6.07, 6.45) is 10.6. The third kappa shape index (κ3) is 2.90. The molecule has 1 fully saturated rings. The molecule has 1 aliphatic heterocycles. The standard InChI is InChI=1S/C20H20N6O/c27-18-12-23-17-11-24-20-16(3-7-22-20)19(17)26(18)15-4-8-25(9-5-15)13-14-2-1-6-21-10-14/h1-3,6-7,10-12,15H,4-5,8-9,13H2,(H,22,24). The Labute approximate surface area is 155 Å². The van der Waals surface area contributed by atoms with Gasteiger partial charge in [-0.3, -0.25) is 14.7 Å². The van der Waals surface area contributed by atoms with Crippen molar-refractivity contribution < 1.29 is 0 Å². The van der Waals surface area contributed by atoms with E-state index in [0.29, 0.717) is 0 Å². The first-order chi connectivity index (χ1) is 13.3. The Bertz CT molecular complexity index is 1140. The van der Waals surface area contributed by atoms with Gasteiger partial charge in [0.2, 0.25) is 0 Å². The maximum absolute atomic E-state index is 12.7. The van der Waals surface area contributed by atoms with Gasteiger partial charge >= 0.3 is 0 Å². The molecule has 4 aromatic heterocycles. The number of likely N-dealkylation sites (tertiary alicyclic amines) is 1. The quantitative estimate of drug-likeness (QED) is 0.607. The van der Waals surface area contributed by atoms with Crippen LogP contribution in [0.3, 0.4) is 0 Å². The van der Waals surface area contributed by atoms with Gasteiger partial charge in [-0.15, -0.1) is 0 Å². The van der Waals surface area contributed by atoms with Crippen molar-refractivity contribution in [2.75, 3.05) is 13.1 Å². The highest BCUT2D eigenvalue weighted by Crippen LogP contribution is 2.28. The highest BCUT2D eigenvalue weighted by Gasteiger charge is 2.24. The Balaban J connectivity index is 1.46. The molecule has 0 aliphatic carbocycles. The van der Waals surface area contributed by atoms with Crippen LogP contribution in [0.1, 0.15) is 24.4 Å². The molecule has 0 radical (unpaired) electrons. The van der Waals surface area contributed by atoms with Gasteiger partial charge in [-0.1, -0.05) is 6.07 Å². The number of aromatic amines is 1. The second-order valence-corrected chi connectivity index (χ2v) is 7.07. The maximum atomic E-state index is 12.7. The molecule has 0 spiro atoms. The number of fused-ring (bicyclic) bond motifs is 3. The molecule has 7 nitrogen and oxygen atoms in total. The van der Waals surface area contributed by atoms with Crippen molar-refractivity contribution in [1.29, 1.82) is 0 Å². The van der Waals surface area contributed by atoms with Crippen LogP contribution in [0, 0.1) is 0 Å². The Kier molecular flexibility index (Phi) is 3.94. The topological polar surface area (TPSA) is 79.7 Å². The van der Waals surface area contributed by atoms with E-state index in [4.69, 9.17) is 0 Å². The van der Waals surface area contributed by atoms with Crippen molar-refractivity contribution in [3.8, 4) is 0 Å².